The fourth-order valence-corrected chi connectivity index (χ4v) is 2.13. The van der Waals surface area contributed by atoms with Crippen LogP contribution in [0.25, 0.3) is 0 Å². The van der Waals surface area contributed by atoms with E-state index in [9.17, 15) is 14.9 Å². The van der Waals surface area contributed by atoms with E-state index in [2.05, 4.69) is 5.32 Å². The molecular formula is C13H16N2O4. The Morgan fingerprint density at radius 3 is 2.84 bits per heavy atom. The highest BCUT2D eigenvalue weighted by Crippen LogP contribution is 2.22. The Bertz CT molecular complexity index is 489. The van der Waals surface area contributed by atoms with E-state index >= 15 is 0 Å². The van der Waals surface area contributed by atoms with E-state index in [1.165, 1.54) is 0 Å². The minimum absolute atomic E-state index is 0.278. The van der Waals surface area contributed by atoms with Gasteiger partial charge in [0.05, 0.1) is 4.92 Å². The average Bonchev–Trinajstić information content (AvgIpc) is 2.89. The van der Waals surface area contributed by atoms with Crippen molar-refractivity contribution in [2.24, 2.45) is 0 Å². The summed E-state index contributed by atoms with van der Waals surface area (Å²) in [6.07, 6.45) is -0.330. The predicted octanol–water partition coefficient (Wildman–Crippen LogP) is 1.97. The van der Waals surface area contributed by atoms with Crippen LogP contribution in [0.15, 0.2) is 24.3 Å². The van der Waals surface area contributed by atoms with Crippen molar-refractivity contribution in [2.45, 2.75) is 38.5 Å². The van der Waals surface area contributed by atoms with Crippen LogP contribution in [0, 0.1) is 10.1 Å². The number of carbonyl (C=O) groups is 1. The molecule has 2 rings (SSSR count). The number of para-hydroxylation sites is 1. The van der Waals surface area contributed by atoms with Crippen molar-refractivity contribution in [3.63, 3.8) is 0 Å². The normalized spacial score (nSPS) is 22.2. The van der Waals surface area contributed by atoms with Gasteiger partial charge in [-0.3, -0.25) is 14.9 Å². The molecule has 1 fully saturated rings. The van der Waals surface area contributed by atoms with E-state index < -0.39 is 17.3 Å². The molecule has 0 aliphatic carbocycles. The van der Waals surface area contributed by atoms with Crippen molar-refractivity contribution < 1.29 is 14.5 Å². The van der Waals surface area contributed by atoms with Crippen LogP contribution in [0.3, 0.4) is 0 Å². The summed E-state index contributed by atoms with van der Waals surface area (Å²) >= 11 is 0. The van der Waals surface area contributed by atoms with E-state index in [0.29, 0.717) is 6.42 Å². The van der Waals surface area contributed by atoms with Crippen molar-refractivity contribution in [3.8, 4) is 0 Å². The maximum atomic E-state index is 12.0. The molecule has 0 aromatic heterocycles. The first kappa shape index (κ1) is 13.5. The first-order chi connectivity index (χ1) is 9.11. The molecule has 1 aliphatic heterocycles. The third-order valence-electron chi connectivity index (χ3n) is 3.18. The van der Waals surface area contributed by atoms with Gasteiger partial charge in [0.1, 0.15) is 6.10 Å². The Morgan fingerprint density at radius 2 is 2.21 bits per heavy atom. The minimum atomic E-state index is -1.06. The number of nitrogens with one attached hydrogen (secondary N) is 1. The third-order valence-corrected chi connectivity index (χ3v) is 3.18. The number of amides is 1. The van der Waals surface area contributed by atoms with E-state index in [0.717, 1.165) is 17.7 Å². The van der Waals surface area contributed by atoms with Gasteiger partial charge < -0.3 is 10.1 Å². The molecule has 0 radical (unpaired) electrons. The molecule has 6 nitrogen and oxygen atoms in total. The van der Waals surface area contributed by atoms with Gasteiger partial charge in [0.2, 0.25) is 0 Å². The maximum absolute atomic E-state index is 12.0. The van der Waals surface area contributed by atoms with Crippen molar-refractivity contribution in [3.05, 3.63) is 39.9 Å². The van der Waals surface area contributed by atoms with Crippen LogP contribution in [-0.2, 0) is 16.0 Å². The van der Waals surface area contributed by atoms with E-state index in [4.69, 9.17) is 4.74 Å². The zero-order valence-electron chi connectivity index (χ0n) is 10.7. The number of benzene rings is 1. The second kappa shape index (κ2) is 5.79. The van der Waals surface area contributed by atoms with Crippen molar-refractivity contribution in [2.75, 3.05) is 5.32 Å². The van der Waals surface area contributed by atoms with Crippen LogP contribution in [0.1, 0.15) is 25.3 Å². The van der Waals surface area contributed by atoms with Gasteiger partial charge >= 0.3 is 6.23 Å². The maximum Gasteiger partial charge on any atom is 0.316 e. The Kier molecular flexibility index (Phi) is 4.11. The lowest BCUT2D eigenvalue weighted by atomic mass is 10.1. The summed E-state index contributed by atoms with van der Waals surface area (Å²) in [6.45, 7) is 2.00. The standard InChI is InChI=1S/C13H16N2O4/c1-2-9-5-3-4-6-10(9)14-13(16)11-7-8-12(19-11)15(17)18/h3-6,11-12H,2,7-8H2,1H3,(H,14,16). The van der Waals surface area contributed by atoms with Gasteiger partial charge in [0, 0.05) is 12.1 Å². The molecule has 0 bridgehead atoms. The molecule has 1 saturated heterocycles. The molecule has 2 atom stereocenters. The van der Waals surface area contributed by atoms with Gasteiger partial charge in [-0.25, -0.2) is 0 Å². The SMILES string of the molecule is CCc1ccccc1NC(=O)C1CCC([N+](=O)[O-])O1. The lowest BCUT2D eigenvalue weighted by Gasteiger charge is -2.13. The van der Waals surface area contributed by atoms with Gasteiger partial charge in [-0.15, -0.1) is 0 Å². The largest absolute Gasteiger partial charge is 0.324 e. The fourth-order valence-electron chi connectivity index (χ4n) is 2.13. The summed E-state index contributed by atoms with van der Waals surface area (Å²) in [5.74, 6) is -0.315. The van der Waals surface area contributed by atoms with E-state index in [1.807, 2.05) is 31.2 Å². The van der Waals surface area contributed by atoms with Gasteiger partial charge in [0.25, 0.3) is 5.91 Å². The van der Waals surface area contributed by atoms with Crippen LogP contribution in [0.4, 0.5) is 5.69 Å². The van der Waals surface area contributed by atoms with Crippen molar-refractivity contribution >= 4 is 11.6 Å². The molecule has 1 aromatic carbocycles. The first-order valence-corrected chi connectivity index (χ1v) is 6.29. The Hall–Kier alpha value is -1.95. The summed E-state index contributed by atoms with van der Waals surface area (Å²) in [5, 5.41) is 13.4. The molecular weight excluding hydrogens is 248 g/mol. The van der Waals surface area contributed by atoms with Crippen LogP contribution in [-0.4, -0.2) is 23.2 Å². The smallest absolute Gasteiger partial charge is 0.316 e. The van der Waals surface area contributed by atoms with Crippen LogP contribution in [0.5, 0.6) is 0 Å². The predicted molar refractivity (Wildman–Crippen MR) is 69.3 cm³/mol. The van der Waals surface area contributed by atoms with E-state index in [-0.39, 0.29) is 12.3 Å². The molecule has 19 heavy (non-hydrogen) atoms. The number of ether oxygens (including phenoxy) is 1. The summed E-state index contributed by atoms with van der Waals surface area (Å²) in [5.41, 5.74) is 1.77. The minimum Gasteiger partial charge on any atom is -0.324 e. The van der Waals surface area contributed by atoms with Gasteiger partial charge in [-0.1, -0.05) is 25.1 Å². The van der Waals surface area contributed by atoms with Crippen molar-refractivity contribution in [1.29, 1.82) is 0 Å². The Balaban J connectivity index is 2.00. The summed E-state index contributed by atoms with van der Waals surface area (Å²) in [7, 11) is 0. The number of aryl methyl sites for hydroxylation is 1. The Morgan fingerprint density at radius 1 is 1.47 bits per heavy atom. The number of nitro groups is 1. The topological polar surface area (TPSA) is 81.5 Å². The molecule has 1 aromatic rings. The van der Waals surface area contributed by atoms with Gasteiger partial charge in [-0.05, 0) is 24.5 Å². The molecule has 0 spiro atoms. The molecule has 1 aliphatic rings. The molecule has 102 valence electrons. The Labute approximate surface area is 110 Å². The number of carbonyl (C=O) groups excluding carboxylic acids is 1. The highest BCUT2D eigenvalue weighted by atomic mass is 16.7. The molecule has 6 heteroatoms. The number of hydrogen-bond acceptors (Lipinski definition) is 4. The molecule has 1 amide bonds. The summed E-state index contributed by atoms with van der Waals surface area (Å²) < 4.78 is 5.12. The van der Waals surface area contributed by atoms with Crippen LogP contribution < -0.4 is 5.32 Å². The van der Waals surface area contributed by atoms with E-state index in [1.54, 1.807) is 0 Å². The quantitative estimate of drug-likeness (QED) is 0.665. The van der Waals surface area contributed by atoms with Crippen molar-refractivity contribution in [1.82, 2.24) is 0 Å². The zero-order valence-corrected chi connectivity index (χ0v) is 10.7. The number of nitrogens with zero attached hydrogens (tertiary/aromatic N) is 1. The number of hydrogen-bond donors (Lipinski definition) is 1. The fraction of sp³-hybridized carbons (Fsp3) is 0.462. The van der Waals surface area contributed by atoms with Gasteiger partial charge in [-0.2, -0.15) is 0 Å². The third kappa shape index (κ3) is 3.08. The average molecular weight is 264 g/mol. The van der Waals surface area contributed by atoms with Gasteiger partial charge in [0.15, 0.2) is 0 Å². The molecule has 1 heterocycles. The first-order valence-electron chi connectivity index (χ1n) is 6.29. The second-order valence-corrected chi connectivity index (χ2v) is 4.44. The van der Waals surface area contributed by atoms with Crippen LogP contribution in [0.2, 0.25) is 0 Å². The van der Waals surface area contributed by atoms with Crippen LogP contribution >= 0.6 is 0 Å². The monoisotopic (exact) mass is 264 g/mol. The second-order valence-electron chi connectivity index (χ2n) is 4.44. The zero-order chi connectivity index (χ0) is 13.8. The molecule has 0 saturated carbocycles. The summed E-state index contributed by atoms with van der Waals surface area (Å²) in [6, 6.07) is 7.50. The molecule has 2 unspecified atom stereocenters. The lowest BCUT2D eigenvalue weighted by molar-refractivity contribution is -0.570. The summed E-state index contributed by atoms with van der Waals surface area (Å²) in [4.78, 5) is 22.1. The highest BCUT2D eigenvalue weighted by Gasteiger charge is 2.37. The molecule has 1 N–H and O–H groups in total. The number of rotatable bonds is 4. The number of anilines is 1. The lowest BCUT2D eigenvalue weighted by Crippen LogP contribution is -2.30. The highest BCUT2D eigenvalue weighted by molar-refractivity contribution is 5.95.